The van der Waals surface area contributed by atoms with E-state index in [0.717, 1.165) is 5.56 Å². The largest absolute Gasteiger partial charge is 0.478 e. The SMILES string of the molecule is Cc1noc([C@@H]2CN(C(=O)[C@@H](C)Oc3ccccc3F)C[C@@H]2c2ccccc2)n1. The highest BCUT2D eigenvalue weighted by molar-refractivity contribution is 5.81. The number of nitrogens with zero attached hydrogens (tertiary/aromatic N) is 3. The summed E-state index contributed by atoms with van der Waals surface area (Å²) in [6.07, 6.45) is -0.813. The van der Waals surface area contributed by atoms with Crippen LogP contribution in [0.2, 0.25) is 0 Å². The van der Waals surface area contributed by atoms with E-state index in [9.17, 15) is 9.18 Å². The van der Waals surface area contributed by atoms with Crippen LogP contribution in [0, 0.1) is 12.7 Å². The van der Waals surface area contributed by atoms with Gasteiger partial charge < -0.3 is 14.2 Å². The molecule has 0 bridgehead atoms. The van der Waals surface area contributed by atoms with Crippen LogP contribution in [-0.2, 0) is 4.79 Å². The summed E-state index contributed by atoms with van der Waals surface area (Å²) in [5.41, 5.74) is 1.10. The molecule has 3 atom stereocenters. The number of hydrogen-bond donors (Lipinski definition) is 0. The molecule has 3 aromatic rings. The Morgan fingerprint density at radius 1 is 1.14 bits per heavy atom. The number of likely N-dealkylation sites (tertiary alicyclic amines) is 1. The fourth-order valence-electron chi connectivity index (χ4n) is 3.77. The highest BCUT2D eigenvalue weighted by atomic mass is 19.1. The summed E-state index contributed by atoms with van der Waals surface area (Å²) >= 11 is 0. The van der Waals surface area contributed by atoms with Crippen LogP contribution in [0.25, 0.3) is 0 Å². The third-order valence-electron chi connectivity index (χ3n) is 5.21. The summed E-state index contributed by atoms with van der Waals surface area (Å²) in [5.74, 6) is 0.380. The van der Waals surface area contributed by atoms with E-state index in [4.69, 9.17) is 9.26 Å². The van der Waals surface area contributed by atoms with Gasteiger partial charge in [0.1, 0.15) is 0 Å². The van der Waals surface area contributed by atoms with Gasteiger partial charge in [-0.1, -0.05) is 47.6 Å². The Morgan fingerprint density at radius 3 is 2.52 bits per heavy atom. The molecular formula is C22H22FN3O3. The first-order valence-electron chi connectivity index (χ1n) is 9.58. The molecule has 29 heavy (non-hydrogen) atoms. The molecule has 7 heteroatoms. The van der Waals surface area contributed by atoms with E-state index in [1.165, 1.54) is 12.1 Å². The van der Waals surface area contributed by atoms with Gasteiger partial charge in [-0.15, -0.1) is 0 Å². The predicted octanol–water partition coefficient (Wildman–Crippen LogP) is 3.69. The van der Waals surface area contributed by atoms with Gasteiger partial charge in [-0.2, -0.15) is 4.98 Å². The second kappa shape index (κ2) is 8.03. The summed E-state index contributed by atoms with van der Waals surface area (Å²) in [7, 11) is 0. The Hall–Kier alpha value is -3.22. The highest BCUT2D eigenvalue weighted by Gasteiger charge is 2.41. The molecule has 1 fully saturated rings. The zero-order chi connectivity index (χ0) is 20.4. The van der Waals surface area contributed by atoms with Gasteiger partial charge in [-0.3, -0.25) is 4.79 Å². The van der Waals surface area contributed by atoms with Gasteiger partial charge in [-0.05, 0) is 31.5 Å². The minimum atomic E-state index is -0.813. The van der Waals surface area contributed by atoms with E-state index in [2.05, 4.69) is 10.1 Å². The number of para-hydroxylation sites is 1. The molecular weight excluding hydrogens is 373 g/mol. The summed E-state index contributed by atoms with van der Waals surface area (Å²) in [6, 6.07) is 16.0. The molecule has 2 aromatic carbocycles. The molecule has 1 amide bonds. The van der Waals surface area contributed by atoms with Gasteiger partial charge in [0.2, 0.25) is 5.89 Å². The zero-order valence-corrected chi connectivity index (χ0v) is 16.3. The van der Waals surface area contributed by atoms with Crippen molar-refractivity contribution >= 4 is 5.91 Å². The standard InChI is InChI=1S/C22H22FN3O3/c1-14(28-20-11-7-6-10-19(20)23)22(27)26-12-17(16-8-4-3-5-9-16)18(13-26)21-24-15(2)25-29-21/h3-11,14,17-18H,12-13H2,1-2H3/t14-,17-,18-/m1/s1. The van der Waals surface area contributed by atoms with Crippen molar-refractivity contribution in [2.75, 3.05) is 13.1 Å². The molecule has 1 aliphatic rings. The average molecular weight is 395 g/mol. The predicted molar refractivity (Wildman–Crippen MR) is 104 cm³/mol. The number of aromatic nitrogens is 2. The van der Waals surface area contributed by atoms with Crippen LogP contribution < -0.4 is 4.74 Å². The molecule has 1 saturated heterocycles. The number of amides is 1. The summed E-state index contributed by atoms with van der Waals surface area (Å²) in [5, 5.41) is 3.90. The maximum Gasteiger partial charge on any atom is 0.263 e. The molecule has 0 unspecified atom stereocenters. The van der Waals surface area contributed by atoms with Gasteiger partial charge in [0, 0.05) is 19.0 Å². The molecule has 0 aliphatic carbocycles. The zero-order valence-electron chi connectivity index (χ0n) is 16.3. The van der Waals surface area contributed by atoms with E-state index in [0.29, 0.717) is 24.8 Å². The molecule has 6 nitrogen and oxygen atoms in total. The van der Waals surface area contributed by atoms with Gasteiger partial charge in [-0.25, -0.2) is 4.39 Å². The van der Waals surface area contributed by atoms with Crippen molar-refractivity contribution in [3.8, 4) is 5.75 Å². The monoisotopic (exact) mass is 395 g/mol. The lowest BCUT2D eigenvalue weighted by molar-refractivity contribution is -0.137. The van der Waals surface area contributed by atoms with E-state index in [1.807, 2.05) is 30.3 Å². The van der Waals surface area contributed by atoms with Crippen molar-refractivity contribution in [1.29, 1.82) is 0 Å². The first-order valence-corrected chi connectivity index (χ1v) is 9.58. The van der Waals surface area contributed by atoms with Crippen LogP contribution in [0.5, 0.6) is 5.75 Å². The molecule has 150 valence electrons. The quantitative estimate of drug-likeness (QED) is 0.659. The summed E-state index contributed by atoms with van der Waals surface area (Å²) < 4.78 is 24.9. The van der Waals surface area contributed by atoms with Gasteiger partial charge in [0.15, 0.2) is 23.5 Å². The second-order valence-electron chi connectivity index (χ2n) is 7.24. The second-order valence-corrected chi connectivity index (χ2v) is 7.24. The van der Waals surface area contributed by atoms with Crippen molar-refractivity contribution in [2.24, 2.45) is 0 Å². The van der Waals surface area contributed by atoms with Crippen LogP contribution >= 0.6 is 0 Å². The molecule has 0 spiro atoms. The number of rotatable bonds is 5. The number of aryl methyl sites for hydroxylation is 1. The van der Waals surface area contributed by atoms with E-state index >= 15 is 0 Å². The molecule has 0 radical (unpaired) electrons. The smallest absolute Gasteiger partial charge is 0.263 e. The van der Waals surface area contributed by atoms with E-state index in [1.54, 1.807) is 30.9 Å². The van der Waals surface area contributed by atoms with Crippen molar-refractivity contribution in [2.45, 2.75) is 31.8 Å². The Labute approximate surface area is 168 Å². The molecule has 4 rings (SSSR count). The van der Waals surface area contributed by atoms with Crippen LogP contribution in [0.3, 0.4) is 0 Å². The lowest BCUT2D eigenvalue weighted by atomic mass is 9.89. The third kappa shape index (κ3) is 3.99. The van der Waals surface area contributed by atoms with Gasteiger partial charge in [0.25, 0.3) is 5.91 Å². The van der Waals surface area contributed by atoms with Crippen molar-refractivity contribution in [1.82, 2.24) is 15.0 Å². The third-order valence-corrected chi connectivity index (χ3v) is 5.21. The lowest BCUT2D eigenvalue weighted by Crippen LogP contribution is -2.39. The summed E-state index contributed by atoms with van der Waals surface area (Å²) in [4.78, 5) is 19.2. The number of halogens is 1. The van der Waals surface area contributed by atoms with Crippen LogP contribution in [-0.4, -0.2) is 40.1 Å². The lowest BCUT2D eigenvalue weighted by Gasteiger charge is -2.22. The van der Waals surface area contributed by atoms with Gasteiger partial charge >= 0.3 is 0 Å². The number of benzene rings is 2. The van der Waals surface area contributed by atoms with Crippen molar-refractivity contribution in [3.63, 3.8) is 0 Å². The maximum absolute atomic E-state index is 13.9. The van der Waals surface area contributed by atoms with E-state index in [-0.39, 0.29) is 23.5 Å². The fourth-order valence-corrected chi connectivity index (χ4v) is 3.77. The maximum atomic E-state index is 13.9. The van der Waals surface area contributed by atoms with E-state index < -0.39 is 11.9 Å². The number of hydrogen-bond acceptors (Lipinski definition) is 5. The fraction of sp³-hybridized carbons (Fsp3) is 0.318. The van der Waals surface area contributed by atoms with Crippen molar-refractivity contribution < 1.29 is 18.4 Å². The van der Waals surface area contributed by atoms with Crippen LogP contribution in [0.4, 0.5) is 4.39 Å². The summed E-state index contributed by atoms with van der Waals surface area (Å²) in [6.45, 7) is 4.34. The minimum Gasteiger partial charge on any atom is -0.478 e. The molecule has 0 N–H and O–H groups in total. The first kappa shape index (κ1) is 19.1. The van der Waals surface area contributed by atoms with Crippen molar-refractivity contribution in [3.05, 3.63) is 77.7 Å². The Morgan fingerprint density at radius 2 is 1.83 bits per heavy atom. The highest BCUT2D eigenvalue weighted by Crippen LogP contribution is 2.39. The number of carbonyl (C=O) groups is 1. The number of carbonyl (C=O) groups excluding carboxylic acids is 1. The molecule has 2 heterocycles. The topological polar surface area (TPSA) is 68.5 Å². The minimum absolute atomic E-state index is 0.0284. The first-order chi connectivity index (χ1) is 14.0. The molecule has 1 aliphatic heterocycles. The molecule has 1 aromatic heterocycles. The van der Waals surface area contributed by atoms with Crippen LogP contribution in [0.1, 0.15) is 36.0 Å². The Kier molecular flexibility index (Phi) is 5.29. The Bertz CT molecular complexity index is 992. The number of ether oxygens (including phenoxy) is 1. The molecule has 0 saturated carbocycles. The normalized spacial score (nSPS) is 19.9. The average Bonchev–Trinajstić information content (AvgIpc) is 3.36. The van der Waals surface area contributed by atoms with Gasteiger partial charge in [0.05, 0.1) is 5.92 Å². The Balaban J connectivity index is 1.55. The van der Waals surface area contributed by atoms with Crippen LogP contribution in [0.15, 0.2) is 59.1 Å².